The Labute approximate surface area is 275 Å². The molecule has 2 atom stereocenters. The molecule has 0 rings (SSSR count). The highest BCUT2D eigenvalue weighted by Gasteiger charge is 2.26. The third-order valence-electron chi connectivity index (χ3n) is 9.22. The van der Waals surface area contributed by atoms with Gasteiger partial charge in [-0.05, 0) is 32.1 Å². The van der Waals surface area contributed by atoms with Crippen molar-refractivity contribution in [2.75, 3.05) is 0 Å². The highest BCUT2D eigenvalue weighted by molar-refractivity contribution is 5.74. The van der Waals surface area contributed by atoms with Gasteiger partial charge in [0.05, 0.1) is 11.8 Å². The minimum Gasteiger partial charge on any atom is -0.481 e. The summed E-state index contributed by atoms with van der Waals surface area (Å²) in [5, 5.41) is 19.4. The lowest BCUT2D eigenvalue weighted by Crippen LogP contribution is -2.23. The van der Waals surface area contributed by atoms with Gasteiger partial charge in [-0.25, -0.2) is 0 Å². The molecule has 2 amide bonds. The summed E-state index contributed by atoms with van der Waals surface area (Å²) in [5.41, 5.74) is 10.3. The van der Waals surface area contributed by atoms with Crippen molar-refractivity contribution in [3.05, 3.63) is 0 Å². The number of aliphatic carboxylic acids is 2. The number of nitrogens with two attached hydrogens (primary N) is 2. The summed E-state index contributed by atoms with van der Waals surface area (Å²) >= 11 is 0. The lowest BCUT2D eigenvalue weighted by Gasteiger charge is -2.18. The van der Waals surface area contributed by atoms with E-state index in [1.54, 1.807) is 0 Å². The SMILES string of the molecule is NC(=O)CCCCCCCCCCCCCCCC(CC(CCCCCCCCCCCCCCCC(N)=O)C(=O)O)C(=O)O. The summed E-state index contributed by atoms with van der Waals surface area (Å²) in [4.78, 5) is 45.1. The molecule has 0 saturated heterocycles. The number of carbonyl (C=O) groups excluding carboxylic acids is 2. The molecule has 0 bridgehead atoms. The lowest BCUT2D eigenvalue weighted by molar-refractivity contribution is -0.146. The first-order chi connectivity index (χ1) is 21.7. The number of primary amides is 2. The summed E-state index contributed by atoms with van der Waals surface area (Å²) in [6, 6.07) is 0. The van der Waals surface area contributed by atoms with Gasteiger partial charge in [-0.15, -0.1) is 0 Å². The first-order valence-corrected chi connectivity index (χ1v) is 18.8. The average molecular weight is 639 g/mol. The Balaban J connectivity index is 3.76. The van der Waals surface area contributed by atoms with E-state index >= 15 is 0 Å². The molecule has 0 aromatic rings. The van der Waals surface area contributed by atoms with Crippen molar-refractivity contribution in [1.29, 1.82) is 0 Å². The monoisotopic (exact) mass is 639 g/mol. The molecule has 8 heteroatoms. The molecule has 0 spiro atoms. The van der Waals surface area contributed by atoms with Gasteiger partial charge in [0, 0.05) is 12.8 Å². The zero-order valence-corrected chi connectivity index (χ0v) is 28.8. The summed E-state index contributed by atoms with van der Waals surface area (Å²) in [7, 11) is 0. The molecule has 45 heavy (non-hydrogen) atoms. The van der Waals surface area contributed by atoms with Gasteiger partial charge >= 0.3 is 11.9 Å². The number of carboxylic acid groups (broad SMARTS) is 2. The van der Waals surface area contributed by atoms with Crippen LogP contribution in [0.5, 0.6) is 0 Å². The minimum atomic E-state index is -0.850. The molecule has 0 aromatic carbocycles. The molecular formula is C37H70N2O6. The van der Waals surface area contributed by atoms with E-state index in [-0.39, 0.29) is 18.2 Å². The molecule has 264 valence electrons. The van der Waals surface area contributed by atoms with Gasteiger partial charge in [-0.2, -0.15) is 0 Å². The smallest absolute Gasteiger partial charge is 0.306 e. The normalized spacial score (nSPS) is 12.6. The summed E-state index contributed by atoms with van der Waals surface area (Å²) < 4.78 is 0. The highest BCUT2D eigenvalue weighted by Crippen LogP contribution is 2.25. The van der Waals surface area contributed by atoms with Gasteiger partial charge in [0.15, 0.2) is 0 Å². The third kappa shape index (κ3) is 31.6. The van der Waals surface area contributed by atoms with Crippen LogP contribution in [0.25, 0.3) is 0 Å². The van der Waals surface area contributed by atoms with Gasteiger partial charge in [-0.3, -0.25) is 19.2 Å². The van der Waals surface area contributed by atoms with Crippen molar-refractivity contribution in [1.82, 2.24) is 0 Å². The molecular weight excluding hydrogens is 568 g/mol. The van der Waals surface area contributed by atoms with E-state index in [4.69, 9.17) is 11.5 Å². The van der Waals surface area contributed by atoms with Crippen LogP contribution < -0.4 is 11.5 Å². The number of unbranched alkanes of at least 4 members (excludes halogenated alkanes) is 24. The Morgan fingerprint density at radius 1 is 0.356 bits per heavy atom. The van der Waals surface area contributed by atoms with Crippen molar-refractivity contribution in [3.63, 3.8) is 0 Å². The van der Waals surface area contributed by atoms with E-state index in [0.717, 1.165) is 64.2 Å². The van der Waals surface area contributed by atoms with Crippen LogP contribution >= 0.6 is 0 Å². The fourth-order valence-corrected chi connectivity index (χ4v) is 6.30. The van der Waals surface area contributed by atoms with Crippen LogP contribution in [0, 0.1) is 11.8 Å². The second-order valence-corrected chi connectivity index (χ2v) is 13.5. The van der Waals surface area contributed by atoms with E-state index in [1.165, 1.54) is 103 Å². The molecule has 0 aromatic heterocycles. The van der Waals surface area contributed by atoms with Gasteiger partial charge in [0.1, 0.15) is 0 Å². The van der Waals surface area contributed by atoms with E-state index < -0.39 is 23.8 Å². The number of amides is 2. The molecule has 6 N–H and O–H groups in total. The topological polar surface area (TPSA) is 161 Å². The summed E-state index contributed by atoms with van der Waals surface area (Å²) in [6.45, 7) is 0. The standard InChI is InChI=1S/C37H70N2O6/c38-34(40)29-25-21-17-13-9-5-1-3-7-11-15-19-23-27-32(36(42)43)31-33(37(44)45)28-24-20-16-12-8-4-2-6-10-14-18-22-26-30-35(39)41/h32-33H,1-31H2,(H2,38,40)(H2,39,41)(H,42,43)(H,44,45). The molecule has 0 aliphatic carbocycles. The number of hydrogen-bond donors (Lipinski definition) is 4. The van der Waals surface area contributed by atoms with Crippen molar-refractivity contribution >= 4 is 23.8 Å². The van der Waals surface area contributed by atoms with E-state index in [9.17, 15) is 29.4 Å². The zero-order chi connectivity index (χ0) is 33.4. The maximum atomic E-state index is 11.8. The van der Waals surface area contributed by atoms with Crippen molar-refractivity contribution in [3.8, 4) is 0 Å². The largest absolute Gasteiger partial charge is 0.481 e. The Morgan fingerprint density at radius 3 is 0.756 bits per heavy atom. The van der Waals surface area contributed by atoms with Crippen molar-refractivity contribution < 1.29 is 29.4 Å². The van der Waals surface area contributed by atoms with Crippen LogP contribution in [0.1, 0.15) is 199 Å². The van der Waals surface area contributed by atoms with Crippen molar-refractivity contribution in [2.45, 2.75) is 199 Å². The van der Waals surface area contributed by atoms with E-state index in [1.807, 2.05) is 0 Å². The zero-order valence-electron chi connectivity index (χ0n) is 28.8. The van der Waals surface area contributed by atoms with E-state index in [0.29, 0.717) is 25.7 Å². The quantitative estimate of drug-likeness (QED) is 0.0500. The molecule has 0 radical (unpaired) electrons. The second-order valence-electron chi connectivity index (χ2n) is 13.5. The predicted molar refractivity (Wildman–Crippen MR) is 184 cm³/mol. The molecule has 0 heterocycles. The first-order valence-electron chi connectivity index (χ1n) is 18.8. The third-order valence-corrected chi connectivity index (χ3v) is 9.22. The fraction of sp³-hybridized carbons (Fsp3) is 0.892. The molecule has 2 unspecified atom stereocenters. The molecule has 0 aliphatic rings. The van der Waals surface area contributed by atoms with Crippen LogP contribution in [-0.2, 0) is 19.2 Å². The van der Waals surface area contributed by atoms with Crippen molar-refractivity contribution in [2.24, 2.45) is 23.3 Å². The summed E-state index contributed by atoms with van der Waals surface area (Å²) in [5.74, 6) is -3.22. The van der Waals surface area contributed by atoms with Crippen LogP contribution in [0.3, 0.4) is 0 Å². The second kappa shape index (κ2) is 31.8. The Hall–Kier alpha value is -2.12. The van der Waals surface area contributed by atoms with E-state index in [2.05, 4.69) is 0 Å². The molecule has 8 nitrogen and oxygen atoms in total. The number of carbonyl (C=O) groups is 4. The molecule has 0 aliphatic heterocycles. The van der Waals surface area contributed by atoms with Crippen LogP contribution in [0.15, 0.2) is 0 Å². The van der Waals surface area contributed by atoms with Crippen LogP contribution in [0.2, 0.25) is 0 Å². The van der Waals surface area contributed by atoms with Crippen LogP contribution in [-0.4, -0.2) is 34.0 Å². The Morgan fingerprint density at radius 2 is 0.556 bits per heavy atom. The maximum absolute atomic E-state index is 11.8. The number of hydrogen-bond acceptors (Lipinski definition) is 4. The van der Waals surface area contributed by atoms with Crippen LogP contribution in [0.4, 0.5) is 0 Å². The number of carboxylic acids is 2. The lowest BCUT2D eigenvalue weighted by atomic mass is 9.87. The molecule has 0 saturated carbocycles. The first kappa shape index (κ1) is 42.9. The van der Waals surface area contributed by atoms with Gasteiger partial charge in [0.25, 0.3) is 0 Å². The number of rotatable bonds is 36. The molecule has 0 fully saturated rings. The minimum absolute atomic E-state index is 0.201. The summed E-state index contributed by atoms with van der Waals surface area (Å²) in [6.07, 6.45) is 32.2. The average Bonchev–Trinajstić information content (AvgIpc) is 2.98. The Kier molecular flexibility index (Phi) is 30.3. The maximum Gasteiger partial charge on any atom is 0.306 e. The Bertz CT molecular complexity index is 684. The predicted octanol–water partition coefficient (Wildman–Crippen LogP) is 9.45. The highest BCUT2D eigenvalue weighted by atomic mass is 16.4. The van der Waals surface area contributed by atoms with Gasteiger partial charge < -0.3 is 21.7 Å². The van der Waals surface area contributed by atoms with Gasteiger partial charge in [-0.1, -0.05) is 154 Å². The fourth-order valence-electron chi connectivity index (χ4n) is 6.30. The van der Waals surface area contributed by atoms with Gasteiger partial charge in [0.2, 0.25) is 11.8 Å².